The van der Waals surface area contributed by atoms with Crippen LogP contribution in [-0.2, 0) is 11.5 Å². The van der Waals surface area contributed by atoms with Crippen LogP contribution in [0.3, 0.4) is 0 Å². The average Bonchev–Trinajstić information content (AvgIpc) is 3.31. The first kappa shape index (κ1) is 20.4. The number of benzene rings is 1. The molecule has 0 unspecified atom stereocenters. The minimum absolute atomic E-state index is 0.566. The highest BCUT2D eigenvalue weighted by Crippen LogP contribution is 2.32. The Kier molecular flexibility index (Phi) is 6.22. The summed E-state index contributed by atoms with van der Waals surface area (Å²) in [6.07, 6.45) is 2.06. The van der Waals surface area contributed by atoms with Gasteiger partial charge in [0.15, 0.2) is 8.68 Å². The zero-order chi connectivity index (χ0) is 20.4. The number of imidazole rings is 1. The lowest BCUT2D eigenvalue weighted by Gasteiger charge is -2.05. The van der Waals surface area contributed by atoms with Gasteiger partial charge in [0.2, 0.25) is 5.78 Å². The maximum Gasteiger partial charge on any atom is 0.234 e. The molecule has 0 saturated carbocycles. The Morgan fingerprint density at radius 1 is 0.966 bits per heavy atom. The van der Waals surface area contributed by atoms with E-state index in [4.69, 9.17) is 0 Å². The lowest BCUT2D eigenvalue weighted by Crippen LogP contribution is -1.94. The van der Waals surface area contributed by atoms with Gasteiger partial charge in [0.25, 0.3) is 0 Å². The molecule has 0 aliphatic carbocycles. The fourth-order valence-corrected chi connectivity index (χ4v) is 5.84. The maximum absolute atomic E-state index is 4.63. The lowest BCUT2D eigenvalue weighted by atomic mass is 10.0. The van der Waals surface area contributed by atoms with Crippen LogP contribution in [0.5, 0.6) is 0 Å². The summed E-state index contributed by atoms with van der Waals surface area (Å²) in [4.78, 5) is 9.13. The van der Waals surface area contributed by atoms with Crippen molar-refractivity contribution in [3.63, 3.8) is 0 Å². The number of aryl methyl sites for hydroxylation is 2. The molecule has 5 nitrogen and oxygen atoms in total. The van der Waals surface area contributed by atoms with E-state index in [-0.39, 0.29) is 0 Å². The van der Waals surface area contributed by atoms with Crippen molar-refractivity contribution in [3.05, 3.63) is 64.7 Å². The van der Waals surface area contributed by atoms with Crippen LogP contribution in [0.4, 0.5) is 0 Å². The Labute approximate surface area is 183 Å². The van der Waals surface area contributed by atoms with Gasteiger partial charge in [-0.2, -0.15) is 0 Å². The smallest absolute Gasteiger partial charge is 0.234 e. The number of aromatic nitrogens is 5. The summed E-state index contributed by atoms with van der Waals surface area (Å²) in [6, 6.07) is 10.9. The zero-order valence-electron chi connectivity index (χ0n) is 16.9. The third-order valence-corrected chi connectivity index (χ3v) is 7.85. The van der Waals surface area contributed by atoms with Crippen molar-refractivity contribution in [3.8, 4) is 0 Å². The molecule has 3 aromatic heterocycles. The van der Waals surface area contributed by atoms with Crippen LogP contribution in [0.1, 0.15) is 48.0 Å². The molecule has 0 fully saturated rings. The van der Waals surface area contributed by atoms with Gasteiger partial charge < -0.3 is 0 Å². The number of thioether (sulfide) groups is 2. The van der Waals surface area contributed by atoms with E-state index < -0.39 is 0 Å². The molecule has 0 spiro atoms. The molecular weight excluding hydrogens is 418 g/mol. The molecule has 0 saturated heterocycles. The molecule has 0 aliphatic rings. The Balaban J connectivity index is 1.34. The van der Waals surface area contributed by atoms with Gasteiger partial charge in [-0.25, -0.2) is 9.97 Å². The second-order valence-electron chi connectivity index (χ2n) is 7.25. The second kappa shape index (κ2) is 8.85. The molecule has 150 valence electrons. The van der Waals surface area contributed by atoms with Gasteiger partial charge >= 0.3 is 0 Å². The van der Waals surface area contributed by atoms with Crippen LogP contribution < -0.4 is 0 Å². The van der Waals surface area contributed by atoms with Crippen molar-refractivity contribution in [1.82, 2.24) is 24.6 Å². The van der Waals surface area contributed by atoms with Gasteiger partial charge in [-0.15, -0.1) is 10.2 Å². The minimum atomic E-state index is 0.566. The van der Waals surface area contributed by atoms with Crippen LogP contribution in [-0.4, -0.2) is 24.6 Å². The van der Waals surface area contributed by atoms with E-state index in [1.807, 2.05) is 11.3 Å². The second-order valence-corrected chi connectivity index (χ2v) is 10.7. The summed E-state index contributed by atoms with van der Waals surface area (Å²) >= 11 is 5.06. The van der Waals surface area contributed by atoms with E-state index in [0.29, 0.717) is 5.92 Å². The average molecular weight is 442 g/mol. The first-order chi connectivity index (χ1) is 14.0. The Morgan fingerprint density at radius 2 is 1.66 bits per heavy atom. The standard InChI is InChI=1S/C21H23N5S3/c1-13(2)17-7-5-16(6-8-17)11-27-20-24-25-21(29-20)28-12-18-10-26-15(4)9-14(3)22-19(26)23-18/h5-10,13H,11-12H2,1-4H3. The predicted molar refractivity (Wildman–Crippen MR) is 122 cm³/mol. The van der Waals surface area contributed by atoms with Crippen molar-refractivity contribution >= 4 is 40.6 Å². The summed E-state index contributed by atoms with van der Waals surface area (Å²) in [5, 5.41) is 8.66. The van der Waals surface area contributed by atoms with E-state index in [0.717, 1.165) is 43.0 Å². The van der Waals surface area contributed by atoms with Gasteiger partial charge in [0.1, 0.15) is 0 Å². The van der Waals surface area contributed by atoms with Gasteiger partial charge in [-0.3, -0.25) is 4.40 Å². The summed E-state index contributed by atoms with van der Waals surface area (Å²) in [5.74, 6) is 3.00. The fourth-order valence-electron chi connectivity index (χ4n) is 2.98. The zero-order valence-corrected chi connectivity index (χ0v) is 19.4. The molecule has 1 aromatic carbocycles. The van der Waals surface area contributed by atoms with Crippen LogP contribution in [0.15, 0.2) is 45.2 Å². The molecule has 4 aromatic rings. The normalized spacial score (nSPS) is 11.6. The molecule has 0 bridgehead atoms. The van der Waals surface area contributed by atoms with Crippen molar-refractivity contribution < 1.29 is 0 Å². The van der Waals surface area contributed by atoms with E-state index in [1.165, 1.54) is 11.1 Å². The van der Waals surface area contributed by atoms with Crippen LogP contribution in [0, 0.1) is 13.8 Å². The third kappa shape index (κ3) is 4.99. The molecule has 0 amide bonds. The molecule has 4 rings (SSSR count). The molecule has 0 N–H and O–H groups in total. The quantitative estimate of drug-likeness (QED) is 0.333. The number of rotatable bonds is 7. The highest BCUT2D eigenvalue weighted by Gasteiger charge is 2.10. The molecule has 29 heavy (non-hydrogen) atoms. The lowest BCUT2D eigenvalue weighted by molar-refractivity contribution is 0.866. The summed E-state index contributed by atoms with van der Waals surface area (Å²) < 4.78 is 4.01. The Hall–Kier alpha value is -1.90. The van der Waals surface area contributed by atoms with Gasteiger partial charge in [-0.05, 0) is 37.0 Å². The van der Waals surface area contributed by atoms with Gasteiger partial charge in [-0.1, -0.05) is 73.0 Å². The fraction of sp³-hybridized carbons (Fsp3) is 0.333. The number of hydrogen-bond donors (Lipinski definition) is 0. The third-order valence-electron chi connectivity index (χ3n) is 4.55. The van der Waals surface area contributed by atoms with Crippen molar-refractivity contribution in [1.29, 1.82) is 0 Å². The number of nitrogens with zero attached hydrogens (tertiary/aromatic N) is 5. The monoisotopic (exact) mass is 441 g/mol. The van der Waals surface area contributed by atoms with E-state index >= 15 is 0 Å². The Bertz CT molecular complexity index is 1120. The molecule has 0 radical (unpaired) electrons. The first-order valence-electron chi connectivity index (χ1n) is 9.48. The predicted octanol–water partition coefficient (Wildman–Crippen LogP) is 5.91. The van der Waals surface area contributed by atoms with E-state index in [1.54, 1.807) is 34.9 Å². The molecule has 0 aliphatic heterocycles. The van der Waals surface area contributed by atoms with Gasteiger partial charge in [0.05, 0.1) is 5.69 Å². The largest absolute Gasteiger partial charge is 0.288 e. The van der Waals surface area contributed by atoms with Gasteiger partial charge in [0, 0.05) is 29.1 Å². The Morgan fingerprint density at radius 3 is 2.34 bits per heavy atom. The first-order valence-corrected chi connectivity index (χ1v) is 12.3. The molecular formula is C21H23N5S3. The topological polar surface area (TPSA) is 56.0 Å². The maximum atomic E-state index is 4.63. The summed E-state index contributed by atoms with van der Waals surface area (Å²) in [6.45, 7) is 8.50. The van der Waals surface area contributed by atoms with E-state index in [2.05, 4.69) is 77.5 Å². The van der Waals surface area contributed by atoms with Crippen molar-refractivity contribution in [2.45, 2.75) is 53.8 Å². The molecule has 0 atom stereocenters. The SMILES string of the molecule is Cc1cc(C)n2cc(CSc3nnc(SCc4ccc(C(C)C)cc4)s3)nc2n1. The minimum Gasteiger partial charge on any atom is -0.288 e. The van der Waals surface area contributed by atoms with E-state index in [9.17, 15) is 0 Å². The van der Waals surface area contributed by atoms with Crippen molar-refractivity contribution in [2.24, 2.45) is 0 Å². The summed E-state index contributed by atoms with van der Waals surface area (Å²) in [7, 11) is 0. The number of fused-ring (bicyclic) bond motifs is 1. The highest BCUT2D eigenvalue weighted by molar-refractivity contribution is 8.02. The summed E-state index contributed by atoms with van der Waals surface area (Å²) in [5.41, 5.74) is 5.83. The van der Waals surface area contributed by atoms with Crippen LogP contribution in [0.2, 0.25) is 0 Å². The highest BCUT2D eigenvalue weighted by atomic mass is 32.2. The van der Waals surface area contributed by atoms with Crippen molar-refractivity contribution in [2.75, 3.05) is 0 Å². The van der Waals surface area contributed by atoms with Crippen LogP contribution >= 0.6 is 34.9 Å². The number of hydrogen-bond acceptors (Lipinski definition) is 7. The molecule has 8 heteroatoms. The molecule has 3 heterocycles. The van der Waals surface area contributed by atoms with Crippen LogP contribution in [0.25, 0.3) is 5.78 Å².